The van der Waals surface area contributed by atoms with Crippen LogP contribution in [0.2, 0.25) is 0 Å². The molecule has 4 nitrogen and oxygen atoms in total. The van der Waals surface area contributed by atoms with Gasteiger partial charge in [-0.05, 0) is 40.5 Å². The van der Waals surface area contributed by atoms with Crippen LogP contribution in [0.1, 0.15) is 0 Å². The minimum absolute atomic E-state index is 0.599. The Kier molecular flexibility index (Phi) is 6.11. The smallest absolute Gasteiger partial charge is 0.166 e. The van der Waals surface area contributed by atoms with E-state index in [9.17, 15) is 0 Å². The van der Waals surface area contributed by atoms with E-state index in [1.165, 1.54) is 5.56 Å². The predicted octanol–water partition coefficient (Wildman–Crippen LogP) is 8.75. The molecule has 0 N–H and O–H groups in total. The van der Waals surface area contributed by atoms with Crippen LogP contribution in [-0.4, -0.2) is 19.9 Å². The van der Waals surface area contributed by atoms with E-state index in [0.717, 1.165) is 44.3 Å². The highest BCUT2D eigenvalue weighted by molar-refractivity contribution is 5.92. The van der Waals surface area contributed by atoms with Crippen molar-refractivity contribution in [3.8, 4) is 56.4 Å². The van der Waals surface area contributed by atoms with Crippen molar-refractivity contribution in [1.82, 2.24) is 19.9 Å². The normalized spacial score (nSPS) is 11.0. The van der Waals surface area contributed by atoms with E-state index in [1.807, 2.05) is 42.5 Å². The third-order valence-corrected chi connectivity index (χ3v) is 6.99. The molecule has 0 saturated carbocycles. The Balaban J connectivity index is 1.39. The number of para-hydroxylation sites is 1. The van der Waals surface area contributed by atoms with Crippen LogP contribution in [0.4, 0.5) is 0 Å². The lowest BCUT2D eigenvalue weighted by molar-refractivity contribution is 1.07. The van der Waals surface area contributed by atoms with E-state index in [2.05, 4.69) is 102 Å². The Morgan fingerprint density at radius 2 is 0.875 bits per heavy atom. The van der Waals surface area contributed by atoms with Crippen LogP contribution in [0, 0.1) is 0 Å². The fraction of sp³-hybridized carbons (Fsp3) is 0. The van der Waals surface area contributed by atoms with Crippen LogP contribution < -0.4 is 0 Å². The average molecular weight is 513 g/mol. The molecule has 0 unspecified atom stereocenters. The minimum atomic E-state index is 0.599. The number of hydrogen-bond acceptors (Lipinski definition) is 4. The average Bonchev–Trinajstić information content (AvgIpc) is 3.05. The lowest BCUT2D eigenvalue weighted by atomic mass is 10.0. The van der Waals surface area contributed by atoms with E-state index in [4.69, 9.17) is 15.0 Å². The zero-order valence-electron chi connectivity index (χ0n) is 21.6. The van der Waals surface area contributed by atoms with E-state index < -0.39 is 0 Å². The van der Waals surface area contributed by atoms with Crippen LogP contribution in [0.3, 0.4) is 0 Å². The fourth-order valence-corrected chi connectivity index (χ4v) is 4.95. The third kappa shape index (κ3) is 4.63. The van der Waals surface area contributed by atoms with Gasteiger partial charge < -0.3 is 0 Å². The van der Waals surface area contributed by atoms with Crippen molar-refractivity contribution >= 4 is 10.9 Å². The highest BCUT2D eigenvalue weighted by atomic mass is 15.0. The third-order valence-electron chi connectivity index (χ3n) is 6.99. The number of benzene rings is 5. The number of pyridine rings is 1. The second kappa shape index (κ2) is 10.4. The summed E-state index contributed by atoms with van der Waals surface area (Å²) in [4.78, 5) is 19.6. The maximum atomic E-state index is 4.99. The number of fused-ring (bicyclic) bond motifs is 1. The lowest BCUT2D eigenvalue weighted by Gasteiger charge is -2.11. The fourth-order valence-electron chi connectivity index (χ4n) is 4.95. The van der Waals surface area contributed by atoms with Gasteiger partial charge in [0, 0.05) is 28.3 Å². The van der Waals surface area contributed by atoms with Gasteiger partial charge in [-0.3, -0.25) is 4.98 Å². The molecule has 0 saturated heterocycles. The quantitative estimate of drug-likeness (QED) is 0.231. The molecular formula is C36H24N4. The van der Waals surface area contributed by atoms with E-state index in [1.54, 1.807) is 6.20 Å². The molecule has 4 heteroatoms. The molecule has 0 aliphatic heterocycles. The Morgan fingerprint density at radius 3 is 1.62 bits per heavy atom. The summed E-state index contributed by atoms with van der Waals surface area (Å²) < 4.78 is 0. The van der Waals surface area contributed by atoms with E-state index in [0.29, 0.717) is 17.5 Å². The van der Waals surface area contributed by atoms with Crippen molar-refractivity contribution in [3.05, 3.63) is 146 Å². The molecule has 7 aromatic rings. The van der Waals surface area contributed by atoms with Gasteiger partial charge >= 0.3 is 0 Å². The van der Waals surface area contributed by atoms with Gasteiger partial charge in [-0.15, -0.1) is 0 Å². The predicted molar refractivity (Wildman–Crippen MR) is 162 cm³/mol. The molecule has 0 bridgehead atoms. The highest BCUT2D eigenvalue weighted by Gasteiger charge is 2.15. The Morgan fingerprint density at radius 1 is 0.350 bits per heavy atom. The maximum Gasteiger partial charge on any atom is 0.166 e. The van der Waals surface area contributed by atoms with E-state index in [-0.39, 0.29) is 0 Å². The van der Waals surface area contributed by atoms with Crippen LogP contribution in [-0.2, 0) is 0 Å². The zero-order chi connectivity index (χ0) is 26.7. The summed E-state index contributed by atoms with van der Waals surface area (Å²) >= 11 is 0. The van der Waals surface area contributed by atoms with Crippen molar-refractivity contribution in [2.45, 2.75) is 0 Å². The summed E-state index contributed by atoms with van der Waals surface area (Å²) in [5.41, 5.74) is 8.18. The molecule has 2 aromatic heterocycles. The molecule has 40 heavy (non-hydrogen) atoms. The number of aromatic nitrogens is 4. The van der Waals surface area contributed by atoms with Gasteiger partial charge in [-0.2, -0.15) is 0 Å². The molecule has 7 rings (SSSR count). The molecule has 188 valence electrons. The zero-order valence-corrected chi connectivity index (χ0v) is 21.6. The topological polar surface area (TPSA) is 51.6 Å². The second-order valence-electron chi connectivity index (χ2n) is 9.58. The summed E-state index contributed by atoms with van der Waals surface area (Å²) in [6, 6.07) is 47.5. The van der Waals surface area contributed by atoms with Crippen LogP contribution >= 0.6 is 0 Å². The highest BCUT2D eigenvalue weighted by Crippen LogP contribution is 2.31. The van der Waals surface area contributed by atoms with Crippen LogP contribution in [0.25, 0.3) is 67.3 Å². The standard InChI is InChI=1S/C36H24N4/c1-3-10-25(11-4-1)27-19-21-29(22-20-27)34-38-35(31-16-7-15-30(24-31)26-12-5-2-6-13-26)40-36(39-34)32-18-8-14-28-17-9-23-37-33(28)32/h1-24H. The van der Waals surface area contributed by atoms with Gasteiger partial charge in [0.1, 0.15) is 0 Å². The minimum Gasteiger partial charge on any atom is -0.255 e. The number of hydrogen-bond donors (Lipinski definition) is 0. The summed E-state index contributed by atoms with van der Waals surface area (Å²) in [6.45, 7) is 0. The van der Waals surface area contributed by atoms with Gasteiger partial charge in [-0.1, -0.05) is 121 Å². The Bertz CT molecular complexity index is 1930. The molecule has 0 aliphatic carbocycles. The first-order chi connectivity index (χ1) is 19.8. The Labute approximate surface area is 232 Å². The number of rotatable bonds is 5. The molecule has 0 atom stereocenters. The Hall–Kier alpha value is -5.48. The van der Waals surface area contributed by atoms with Gasteiger partial charge in [0.25, 0.3) is 0 Å². The van der Waals surface area contributed by atoms with Crippen molar-refractivity contribution in [2.75, 3.05) is 0 Å². The second-order valence-corrected chi connectivity index (χ2v) is 9.58. The van der Waals surface area contributed by atoms with Gasteiger partial charge in [0.2, 0.25) is 0 Å². The van der Waals surface area contributed by atoms with E-state index >= 15 is 0 Å². The summed E-state index contributed by atoms with van der Waals surface area (Å²) in [7, 11) is 0. The van der Waals surface area contributed by atoms with Crippen LogP contribution in [0.15, 0.2) is 146 Å². The van der Waals surface area contributed by atoms with Crippen molar-refractivity contribution in [1.29, 1.82) is 0 Å². The largest absolute Gasteiger partial charge is 0.255 e. The van der Waals surface area contributed by atoms with Crippen molar-refractivity contribution < 1.29 is 0 Å². The van der Waals surface area contributed by atoms with Gasteiger partial charge in [-0.25, -0.2) is 15.0 Å². The SMILES string of the molecule is c1ccc(-c2ccc(-c3nc(-c4cccc(-c5ccccc5)c4)nc(-c4cccc5cccnc45)n3)cc2)cc1. The maximum absolute atomic E-state index is 4.99. The van der Waals surface area contributed by atoms with Crippen LogP contribution in [0.5, 0.6) is 0 Å². The first-order valence-corrected chi connectivity index (χ1v) is 13.2. The molecular weight excluding hydrogens is 488 g/mol. The molecule has 0 fully saturated rings. The van der Waals surface area contributed by atoms with Gasteiger partial charge in [0.05, 0.1) is 5.52 Å². The molecule has 0 aliphatic rings. The first kappa shape index (κ1) is 23.6. The summed E-state index contributed by atoms with van der Waals surface area (Å²) in [6.07, 6.45) is 1.81. The van der Waals surface area contributed by atoms with Crippen molar-refractivity contribution in [2.24, 2.45) is 0 Å². The molecule has 0 spiro atoms. The first-order valence-electron chi connectivity index (χ1n) is 13.2. The summed E-state index contributed by atoms with van der Waals surface area (Å²) in [5, 5.41) is 1.04. The monoisotopic (exact) mass is 512 g/mol. The lowest BCUT2D eigenvalue weighted by Crippen LogP contribution is -2.01. The molecule has 5 aromatic carbocycles. The van der Waals surface area contributed by atoms with Crippen molar-refractivity contribution in [3.63, 3.8) is 0 Å². The molecule has 0 amide bonds. The van der Waals surface area contributed by atoms with Gasteiger partial charge in [0.15, 0.2) is 17.5 Å². The summed E-state index contributed by atoms with van der Waals surface area (Å²) in [5.74, 6) is 1.84. The molecule has 0 radical (unpaired) electrons. The molecule has 2 heterocycles. The number of nitrogens with zero attached hydrogens (tertiary/aromatic N) is 4.